The highest BCUT2D eigenvalue weighted by Crippen LogP contribution is 2.23. The summed E-state index contributed by atoms with van der Waals surface area (Å²) in [4.78, 5) is 24.6. The Balaban J connectivity index is 1.74. The highest BCUT2D eigenvalue weighted by atomic mass is 19.1. The zero-order valence-electron chi connectivity index (χ0n) is 17.7. The minimum atomic E-state index is -0.333. The van der Waals surface area contributed by atoms with Crippen LogP contribution in [-0.2, 0) is 16.1 Å². The maximum atomic E-state index is 13.3. The van der Waals surface area contributed by atoms with Crippen LogP contribution in [0.4, 0.5) is 10.1 Å². The average molecular weight is 424 g/mol. The first-order valence-corrected chi connectivity index (χ1v) is 9.89. The number of anilines is 1. The number of benzene rings is 2. The number of amides is 2. The molecule has 162 valence electrons. The summed E-state index contributed by atoms with van der Waals surface area (Å²) in [6.45, 7) is 4.20. The first-order valence-electron chi connectivity index (χ1n) is 9.89. The van der Waals surface area contributed by atoms with Gasteiger partial charge in [-0.15, -0.1) is 0 Å². The van der Waals surface area contributed by atoms with Crippen LogP contribution >= 0.6 is 0 Å². The summed E-state index contributed by atoms with van der Waals surface area (Å²) in [6.07, 6.45) is 1.52. The van der Waals surface area contributed by atoms with Crippen molar-refractivity contribution in [3.8, 4) is 5.69 Å². The Kier molecular flexibility index (Phi) is 7.15. The number of aromatic nitrogens is 2. The molecule has 3 aromatic rings. The van der Waals surface area contributed by atoms with Crippen LogP contribution in [0.25, 0.3) is 5.69 Å². The van der Waals surface area contributed by atoms with Crippen molar-refractivity contribution in [1.82, 2.24) is 15.1 Å². The number of nitrogens with zero attached hydrogens (tertiary/aromatic N) is 2. The maximum absolute atomic E-state index is 13.3. The highest BCUT2D eigenvalue weighted by Gasteiger charge is 2.20. The van der Waals surface area contributed by atoms with Crippen LogP contribution in [0.3, 0.4) is 0 Å². The van der Waals surface area contributed by atoms with Gasteiger partial charge in [-0.25, -0.2) is 9.07 Å². The molecule has 0 bridgehead atoms. The number of hydrogen-bond donors (Lipinski definition) is 2. The lowest BCUT2D eigenvalue weighted by Crippen LogP contribution is -2.24. The monoisotopic (exact) mass is 424 g/mol. The van der Waals surface area contributed by atoms with Gasteiger partial charge in [0.25, 0.3) is 5.91 Å². The van der Waals surface area contributed by atoms with Crippen LogP contribution in [0.5, 0.6) is 0 Å². The smallest absolute Gasteiger partial charge is 0.255 e. The molecule has 3 rings (SSSR count). The lowest BCUT2D eigenvalue weighted by molar-refractivity contribution is -0.119. The molecule has 0 atom stereocenters. The van der Waals surface area contributed by atoms with Crippen molar-refractivity contribution in [3.63, 3.8) is 0 Å². The molecule has 1 heterocycles. The summed E-state index contributed by atoms with van der Waals surface area (Å²) in [5, 5.41) is 9.99. The molecule has 0 spiro atoms. The molecule has 2 amide bonds. The van der Waals surface area contributed by atoms with Crippen molar-refractivity contribution in [1.29, 1.82) is 0 Å². The predicted molar refractivity (Wildman–Crippen MR) is 116 cm³/mol. The number of nitrogens with one attached hydrogen (secondary N) is 2. The van der Waals surface area contributed by atoms with Crippen molar-refractivity contribution in [2.24, 2.45) is 0 Å². The van der Waals surface area contributed by atoms with E-state index in [4.69, 9.17) is 4.74 Å². The topological polar surface area (TPSA) is 85.2 Å². The predicted octanol–water partition coefficient (Wildman–Crippen LogP) is 3.65. The summed E-state index contributed by atoms with van der Waals surface area (Å²) in [5.41, 5.74) is 3.35. The molecule has 0 aliphatic carbocycles. The second kappa shape index (κ2) is 9.99. The summed E-state index contributed by atoms with van der Waals surface area (Å²) in [5.74, 6) is -0.822. The number of methoxy groups -OCH3 is 1. The Morgan fingerprint density at radius 1 is 1.16 bits per heavy atom. The third-order valence-corrected chi connectivity index (χ3v) is 4.61. The zero-order valence-corrected chi connectivity index (χ0v) is 17.7. The molecule has 0 aliphatic heterocycles. The Morgan fingerprint density at radius 2 is 1.90 bits per heavy atom. The van der Waals surface area contributed by atoms with Crippen molar-refractivity contribution in [3.05, 3.63) is 77.4 Å². The van der Waals surface area contributed by atoms with Crippen LogP contribution < -0.4 is 10.6 Å². The molecule has 0 fully saturated rings. The summed E-state index contributed by atoms with van der Waals surface area (Å²) in [7, 11) is 1.45. The number of rotatable bonds is 8. The second-order valence-electron chi connectivity index (χ2n) is 7.35. The molecule has 0 radical (unpaired) electrons. The Morgan fingerprint density at radius 3 is 2.58 bits per heavy atom. The fraction of sp³-hybridized carbons (Fsp3) is 0.261. The SMILES string of the molecule is COCC(=O)Nc1cccc(CNC(=O)c2cnn(-c3ccc(F)cc3)c2C(C)C)c1. The summed E-state index contributed by atoms with van der Waals surface area (Å²) >= 11 is 0. The van der Waals surface area contributed by atoms with Gasteiger partial charge in [0.1, 0.15) is 12.4 Å². The number of hydrogen-bond acceptors (Lipinski definition) is 4. The lowest BCUT2D eigenvalue weighted by atomic mass is 10.0. The van der Waals surface area contributed by atoms with Crippen LogP contribution in [-0.4, -0.2) is 35.3 Å². The minimum Gasteiger partial charge on any atom is -0.375 e. The van der Waals surface area contributed by atoms with Gasteiger partial charge in [-0.1, -0.05) is 26.0 Å². The lowest BCUT2D eigenvalue weighted by Gasteiger charge is -2.13. The van der Waals surface area contributed by atoms with Crippen molar-refractivity contribution < 1.29 is 18.7 Å². The van der Waals surface area contributed by atoms with Gasteiger partial charge in [0.05, 0.1) is 23.1 Å². The third-order valence-electron chi connectivity index (χ3n) is 4.61. The van der Waals surface area contributed by atoms with E-state index in [0.717, 1.165) is 11.3 Å². The largest absolute Gasteiger partial charge is 0.375 e. The van der Waals surface area contributed by atoms with Gasteiger partial charge in [-0.3, -0.25) is 9.59 Å². The number of carbonyl (C=O) groups is 2. The number of carbonyl (C=O) groups excluding carboxylic acids is 2. The van der Waals surface area contributed by atoms with Crippen molar-refractivity contribution >= 4 is 17.5 Å². The fourth-order valence-corrected chi connectivity index (χ4v) is 3.24. The quantitative estimate of drug-likeness (QED) is 0.578. The standard InChI is InChI=1S/C23H25FN4O3/c1-15(2)22-20(13-26-28(22)19-9-7-17(24)8-10-19)23(30)25-12-16-5-4-6-18(11-16)27-21(29)14-31-3/h4-11,13,15H,12,14H2,1-3H3,(H,25,30)(H,27,29). The fourth-order valence-electron chi connectivity index (χ4n) is 3.24. The van der Waals surface area contributed by atoms with Crippen molar-refractivity contribution in [2.75, 3.05) is 19.0 Å². The van der Waals surface area contributed by atoms with E-state index >= 15 is 0 Å². The summed E-state index contributed by atoms with van der Waals surface area (Å²) < 4.78 is 19.7. The van der Waals surface area contributed by atoms with E-state index < -0.39 is 0 Å². The first-order chi connectivity index (χ1) is 14.9. The molecule has 1 aromatic heterocycles. The third kappa shape index (κ3) is 5.55. The molecule has 2 N–H and O–H groups in total. The average Bonchev–Trinajstić information content (AvgIpc) is 3.18. The maximum Gasteiger partial charge on any atom is 0.255 e. The number of halogens is 1. The van der Waals surface area contributed by atoms with E-state index in [0.29, 0.717) is 16.9 Å². The van der Waals surface area contributed by atoms with Crippen LogP contribution in [0.1, 0.15) is 41.4 Å². The molecule has 0 saturated heterocycles. The van der Waals surface area contributed by atoms with E-state index in [1.165, 1.54) is 25.4 Å². The van der Waals surface area contributed by atoms with E-state index in [2.05, 4.69) is 15.7 Å². The Hall–Kier alpha value is -3.52. The van der Waals surface area contributed by atoms with Gasteiger partial charge in [0.2, 0.25) is 5.91 Å². The van der Waals surface area contributed by atoms with E-state index in [1.807, 2.05) is 19.9 Å². The highest BCUT2D eigenvalue weighted by molar-refractivity contribution is 5.95. The number of ether oxygens (including phenoxy) is 1. The van der Waals surface area contributed by atoms with Gasteiger partial charge < -0.3 is 15.4 Å². The summed E-state index contributed by atoms with van der Waals surface area (Å²) in [6, 6.07) is 13.2. The van der Waals surface area contributed by atoms with Gasteiger partial charge in [-0.2, -0.15) is 5.10 Å². The van der Waals surface area contributed by atoms with Crippen molar-refractivity contribution in [2.45, 2.75) is 26.3 Å². The molecule has 31 heavy (non-hydrogen) atoms. The molecular formula is C23H25FN4O3. The van der Waals surface area contributed by atoms with Crippen LogP contribution in [0.15, 0.2) is 54.7 Å². The zero-order chi connectivity index (χ0) is 22.4. The molecule has 8 heteroatoms. The molecular weight excluding hydrogens is 399 g/mol. The van der Waals surface area contributed by atoms with Gasteiger partial charge in [-0.05, 0) is 47.9 Å². The minimum absolute atomic E-state index is 0.0210. The van der Waals surface area contributed by atoms with E-state index in [1.54, 1.807) is 35.0 Å². The molecule has 0 saturated carbocycles. The molecule has 0 aliphatic rings. The molecule has 0 unspecified atom stereocenters. The van der Waals surface area contributed by atoms with E-state index in [-0.39, 0.29) is 36.7 Å². The van der Waals surface area contributed by atoms with Crippen LogP contribution in [0.2, 0.25) is 0 Å². The normalized spacial score (nSPS) is 10.9. The Labute approximate surface area is 180 Å². The van der Waals surface area contributed by atoms with Gasteiger partial charge in [0.15, 0.2) is 0 Å². The first kappa shape index (κ1) is 22.2. The van der Waals surface area contributed by atoms with Gasteiger partial charge >= 0.3 is 0 Å². The molecule has 7 nitrogen and oxygen atoms in total. The van der Waals surface area contributed by atoms with E-state index in [9.17, 15) is 14.0 Å². The Bertz CT molecular complexity index is 1060. The molecule has 2 aromatic carbocycles. The van der Waals surface area contributed by atoms with Gasteiger partial charge in [0, 0.05) is 19.3 Å². The second-order valence-corrected chi connectivity index (χ2v) is 7.35. The van der Waals surface area contributed by atoms with Crippen LogP contribution in [0, 0.1) is 5.82 Å².